The van der Waals surface area contributed by atoms with Gasteiger partial charge in [-0.05, 0) is 11.1 Å². The summed E-state index contributed by atoms with van der Waals surface area (Å²) in [5.41, 5.74) is 7.13. The highest BCUT2D eigenvalue weighted by atomic mass is 15.2. The van der Waals surface area contributed by atoms with Gasteiger partial charge in [-0.25, -0.2) is 4.58 Å². The van der Waals surface area contributed by atoms with E-state index in [0.29, 0.717) is 12.1 Å². The molecule has 4 aliphatic rings. The van der Waals surface area contributed by atoms with Crippen LogP contribution in [0.2, 0.25) is 0 Å². The summed E-state index contributed by atoms with van der Waals surface area (Å²) in [5.74, 6) is 0. The Hall–Kier alpha value is -3.00. The van der Waals surface area contributed by atoms with Crippen molar-refractivity contribution in [2.24, 2.45) is 15.8 Å². The predicted octanol–water partition coefficient (Wildman–Crippen LogP) is 6.58. The van der Waals surface area contributed by atoms with Gasteiger partial charge in [-0.2, -0.15) is 0 Å². The summed E-state index contributed by atoms with van der Waals surface area (Å²) in [4.78, 5) is 5.60. The summed E-state index contributed by atoms with van der Waals surface area (Å²) in [7, 11) is 0. The van der Waals surface area contributed by atoms with Crippen molar-refractivity contribution >= 4 is 11.4 Å². The zero-order valence-electron chi connectivity index (χ0n) is 21.3. The number of benzene rings is 3. The molecule has 0 spiro atoms. The minimum atomic E-state index is -0.160. The molecular weight excluding hydrogens is 424 g/mol. The molecule has 2 heteroatoms. The second-order valence-electron chi connectivity index (χ2n) is 12.3. The van der Waals surface area contributed by atoms with Gasteiger partial charge in [0, 0.05) is 28.5 Å². The molecule has 2 heterocycles. The van der Waals surface area contributed by atoms with Gasteiger partial charge in [0.1, 0.15) is 5.41 Å². The van der Waals surface area contributed by atoms with Crippen molar-refractivity contribution < 1.29 is 4.58 Å². The highest BCUT2D eigenvalue weighted by molar-refractivity contribution is 6.13. The van der Waals surface area contributed by atoms with Crippen molar-refractivity contribution in [2.75, 3.05) is 0 Å². The molecule has 0 N–H and O–H groups in total. The summed E-state index contributed by atoms with van der Waals surface area (Å²) in [6.45, 7) is 11.1. The van der Waals surface area contributed by atoms with Crippen molar-refractivity contribution in [2.45, 2.75) is 70.0 Å². The second kappa shape index (κ2) is 6.81. The van der Waals surface area contributed by atoms with Gasteiger partial charge < -0.3 is 0 Å². The van der Waals surface area contributed by atoms with E-state index >= 15 is 0 Å². The van der Waals surface area contributed by atoms with Crippen molar-refractivity contribution in [3.63, 3.8) is 0 Å². The first-order valence-corrected chi connectivity index (χ1v) is 13.2. The van der Waals surface area contributed by atoms with Crippen molar-refractivity contribution in [3.8, 4) is 0 Å². The average Bonchev–Trinajstić information content (AvgIpc) is 3.08. The van der Waals surface area contributed by atoms with Crippen LogP contribution in [0, 0.1) is 10.8 Å². The zero-order chi connectivity index (χ0) is 24.1. The number of hydrogen-bond donors (Lipinski definition) is 0. The minimum Gasteiger partial charge on any atom is -0.288 e. The van der Waals surface area contributed by atoms with Crippen LogP contribution < -0.4 is 0 Å². The first-order chi connectivity index (χ1) is 16.9. The molecular formula is C33H35N2+. The molecule has 2 aliphatic carbocycles. The molecule has 0 saturated heterocycles. The van der Waals surface area contributed by atoms with Gasteiger partial charge in [0.05, 0.1) is 17.9 Å². The maximum atomic E-state index is 5.60. The molecule has 3 aromatic carbocycles. The Bertz CT molecular complexity index is 1370. The summed E-state index contributed by atoms with van der Waals surface area (Å²) < 4.78 is 2.82. The van der Waals surface area contributed by atoms with E-state index < -0.39 is 0 Å². The van der Waals surface area contributed by atoms with Crippen molar-refractivity contribution in [1.82, 2.24) is 0 Å². The molecule has 35 heavy (non-hydrogen) atoms. The number of nitrogens with zero attached hydrogens (tertiary/aromatic N) is 2. The fourth-order valence-corrected chi connectivity index (χ4v) is 9.26. The minimum absolute atomic E-state index is 0.0219. The topological polar surface area (TPSA) is 15.4 Å². The molecule has 0 amide bonds. The number of aliphatic imine (C=N–C) groups is 1. The van der Waals surface area contributed by atoms with E-state index in [1.807, 2.05) is 0 Å². The number of hydrogen-bond acceptors (Lipinski definition) is 1. The van der Waals surface area contributed by atoms with Crippen LogP contribution in [0.1, 0.15) is 57.2 Å². The van der Waals surface area contributed by atoms with E-state index in [-0.39, 0.29) is 21.7 Å². The Morgan fingerprint density at radius 3 is 1.83 bits per heavy atom. The lowest BCUT2D eigenvalue weighted by molar-refractivity contribution is -0.584. The smallest absolute Gasteiger partial charge is 0.168 e. The molecule has 4 atom stereocenters. The third-order valence-electron chi connectivity index (χ3n) is 10.4. The van der Waals surface area contributed by atoms with Crippen LogP contribution in [0.25, 0.3) is 0 Å². The van der Waals surface area contributed by atoms with Gasteiger partial charge >= 0.3 is 0 Å². The van der Waals surface area contributed by atoms with Gasteiger partial charge in [-0.1, -0.05) is 119 Å². The summed E-state index contributed by atoms with van der Waals surface area (Å²) >= 11 is 0. The standard InChI is InChI=1S/C33H35N2/c1-30(2)26-20-29-33(25-18-12-7-13-19-25)31(3,4)28(35(29)22-23-14-8-5-9-15-23)21-27(34-26)32(30,33)24-16-10-6-11-17-24/h5-19,26,28H,20-22H2,1-4H3/q+1/t26-,28-,32+,33-/m1/s1. The van der Waals surface area contributed by atoms with Crippen LogP contribution in [0.3, 0.4) is 0 Å². The van der Waals surface area contributed by atoms with E-state index in [2.05, 4.69) is 123 Å². The van der Waals surface area contributed by atoms with Gasteiger partial charge in [0.25, 0.3) is 0 Å². The Morgan fingerprint density at radius 1 is 0.686 bits per heavy atom. The molecule has 4 bridgehead atoms. The Labute approximate surface area is 209 Å². The second-order valence-corrected chi connectivity index (χ2v) is 12.3. The maximum absolute atomic E-state index is 5.60. The molecule has 0 radical (unpaired) electrons. The molecule has 2 nitrogen and oxygen atoms in total. The first-order valence-electron chi connectivity index (χ1n) is 13.2. The Balaban J connectivity index is 1.63. The van der Waals surface area contributed by atoms with E-state index in [9.17, 15) is 0 Å². The van der Waals surface area contributed by atoms with Crippen molar-refractivity contribution in [1.29, 1.82) is 0 Å². The quantitative estimate of drug-likeness (QED) is 0.392. The molecule has 7 rings (SSSR count). The lowest BCUT2D eigenvalue weighted by Gasteiger charge is -2.63. The predicted molar refractivity (Wildman–Crippen MR) is 143 cm³/mol. The largest absolute Gasteiger partial charge is 0.288 e. The van der Waals surface area contributed by atoms with E-state index in [0.717, 1.165) is 19.4 Å². The third-order valence-corrected chi connectivity index (χ3v) is 10.4. The van der Waals surface area contributed by atoms with E-state index in [4.69, 9.17) is 4.99 Å². The Kier molecular flexibility index (Phi) is 4.14. The fourth-order valence-electron chi connectivity index (χ4n) is 9.26. The molecule has 3 aromatic rings. The number of fused-ring (bicyclic) bond motifs is 2. The van der Waals surface area contributed by atoms with Crippen LogP contribution in [-0.2, 0) is 17.4 Å². The number of rotatable bonds is 4. The highest BCUT2D eigenvalue weighted by Gasteiger charge is 2.85. The van der Waals surface area contributed by atoms with Gasteiger partial charge in [0.2, 0.25) is 0 Å². The maximum Gasteiger partial charge on any atom is 0.168 e. The lowest BCUT2D eigenvalue weighted by atomic mass is 9.33. The zero-order valence-corrected chi connectivity index (χ0v) is 21.3. The van der Waals surface area contributed by atoms with Crippen LogP contribution in [0.15, 0.2) is 96.0 Å². The van der Waals surface area contributed by atoms with E-state index in [1.54, 1.807) is 5.71 Å². The molecule has 2 aliphatic heterocycles. The van der Waals surface area contributed by atoms with Crippen molar-refractivity contribution in [3.05, 3.63) is 108 Å². The molecule has 0 unspecified atom stereocenters. The Morgan fingerprint density at radius 2 is 1.23 bits per heavy atom. The highest BCUT2D eigenvalue weighted by Crippen LogP contribution is 2.75. The van der Waals surface area contributed by atoms with Crippen LogP contribution in [-0.4, -0.2) is 28.1 Å². The first kappa shape index (κ1) is 21.3. The van der Waals surface area contributed by atoms with Crippen LogP contribution in [0.5, 0.6) is 0 Å². The van der Waals surface area contributed by atoms with E-state index in [1.165, 1.54) is 22.4 Å². The average molecular weight is 460 g/mol. The van der Waals surface area contributed by atoms with Gasteiger partial charge in [-0.3, -0.25) is 4.99 Å². The molecule has 176 valence electrons. The molecule has 2 saturated carbocycles. The molecule has 2 fully saturated rings. The summed E-state index contributed by atoms with van der Waals surface area (Å²) in [6.07, 6.45) is 2.10. The van der Waals surface area contributed by atoms with Crippen LogP contribution in [0.4, 0.5) is 0 Å². The van der Waals surface area contributed by atoms with Gasteiger partial charge in [0.15, 0.2) is 18.3 Å². The monoisotopic (exact) mass is 459 g/mol. The SMILES string of the molecule is CC1(C)[C@H]2CC3=N[C@@H]4CC(=[N+]2Cc2ccccc2)[C@@]1(c1ccccc1)[C@]3(c1ccccc1)C4(C)C. The third kappa shape index (κ3) is 2.24. The normalized spacial score (nSPS) is 33.2. The van der Waals surface area contributed by atoms with Crippen LogP contribution >= 0.6 is 0 Å². The van der Waals surface area contributed by atoms with Gasteiger partial charge in [-0.15, -0.1) is 0 Å². The summed E-state index contributed by atoms with van der Waals surface area (Å²) in [6, 6.07) is 34.7. The fraction of sp³-hybridized carbons (Fsp3) is 0.394. The molecule has 0 aromatic heterocycles. The lowest BCUT2D eigenvalue weighted by Crippen LogP contribution is -2.74. The summed E-state index contributed by atoms with van der Waals surface area (Å²) in [5, 5.41) is 0.